The highest BCUT2D eigenvalue weighted by atomic mass is 35.5. The van der Waals surface area contributed by atoms with Gasteiger partial charge >= 0.3 is 0 Å². The summed E-state index contributed by atoms with van der Waals surface area (Å²) in [6, 6.07) is 9.80. The zero-order valence-electron chi connectivity index (χ0n) is 8.79. The van der Waals surface area contributed by atoms with Crippen molar-refractivity contribution in [2.24, 2.45) is 0 Å². The molecule has 0 heterocycles. The number of nitrogen functional groups attached to an aromatic ring is 1. The third kappa shape index (κ3) is 1.73. The quantitative estimate of drug-likeness (QED) is 0.749. The molecule has 0 aliphatic heterocycles. The zero-order valence-corrected chi connectivity index (χ0v) is 9.55. The van der Waals surface area contributed by atoms with Crippen molar-refractivity contribution in [1.29, 1.82) is 0 Å². The van der Waals surface area contributed by atoms with E-state index in [1.54, 1.807) is 0 Å². The van der Waals surface area contributed by atoms with Gasteiger partial charge in [-0.2, -0.15) is 0 Å². The Kier molecular flexibility index (Phi) is 2.45. The lowest BCUT2D eigenvalue weighted by Crippen LogP contribution is -2.09. The third-order valence-electron chi connectivity index (χ3n) is 2.44. The number of hydrogen-bond acceptors (Lipinski definition) is 2. The van der Waals surface area contributed by atoms with E-state index in [4.69, 9.17) is 17.3 Å². The molecular formula is C12H13ClN2. The maximum Gasteiger partial charge on any atom is 0.0717 e. The maximum absolute atomic E-state index is 6.31. The van der Waals surface area contributed by atoms with Crippen LogP contribution in [0.4, 0.5) is 11.4 Å². The van der Waals surface area contributed by atoms with Gasteiger partial charge in [-0.15, -0.1) is 0 Å². The third-order valence-corrected chi connectivity index (χ3v) is 2.84. The summed E-state index contributed by atoms with van der Waals surface area (Å²) in [4.78, 5) is 2.00. The van der Waals surface area contributed by atoms with E-state index >= 15 is 0 Å². The first kappa shape index (κ1) is 10.1. The van der Waals surface area contributed by atoms with Crippen LogP contribution in [0.25, 0.3) is 10.8 Å². The summed E-state index contributed by atoms with van der Waals surface area (Å²) >= 11 is 6.31. The Morgan fingerprint density at radius 2 is 1.87 bits per heavy atom. The number of halogens is 1. The topological polar surface area (TPSA) is 29.3 Å². The average Bonchev–Trinajstić information content (AvgIpc) is 2.17. The van der Waals surface area contributed by atoms with Crippen molar-refractivity contribution in [1.82, 2.24) is 0 Å². The standard InChI is InChI=1S/C12H13ClN2/c1-15(2)11-6-3-8-7-9(14)4-5-10(8)12(11)13/h3-7H,14H2,1-2H3. The van der Waals surface area contributed by atoms with Gasteiger partial charge in [0.2, 0.25) is 0 Å². The van der Waals surface area contributed by atoms with Gasteiger partial charge in [0.05, 0.1) is 10.7 Å². The number of hydrogen-bond donors (Lipinski definition) is 1. The molecule has 0 bridgehead atoms. The van der Waals surface area contributed by atoms with Crippen LogP contribution < -0.4 is 10.6 Å². The maximum atomic E-state index is 6.31. The molecule has 0 saturated carbocycles. The van der Waals surface area contributed by atoms with Gasteiger partial charge in [-0.3, -0.25) is 0 Å². The summed E-state index contributed by atoms with van der Waals surface area (Å²) < 4.78 is 0. The second-order valence-electron chi connectivity index (χ2n) is 3.77. The number of anilines is 2. The summed E-state index contributed by atoms with van der Waals surface area (Å²) in [6.07, 6.45) is 0. The van der Waals surface area contributed by atoms with Gasteiger partial charge in [0.1, 0.15) is 0 Å². The molecule has 2 N–H and O–H groups in total. The van der Waals surface area contributed by atoms with Gasteiger partial charge in [0, 0.05) is 25.2 Å². The monoisotopic (exact) mass is 220 g/mol. The predicted octanol–water partition coefficient (Wildman–Crippen LogP) is 3.14. The first-order valence-electron chi connectivity index (χ1n) is 4.74. The fourth-order valence-corrected chi connectivity index (χ4v) is 2.05. The van der Waals surface area contributed by atoms with Crippen LogP contribution in [0, 0.1) is 0 Å². The lowest BCUT2D eigenvalue weighted by Gasteiger charge is -2.15. The van der Waals surface area contributed by atoms with E-state index in [-0.39, 0.29) is 0 Å². The SMILES string of the molecule is CN(C)c1ccc2cc(N)ccc2c1Cl. The Morgan fingerprint density at radius 3 is 2.53 bits per heavy atom. The molecule has 2 nitrogen and oxygen atoms in total. The lowest BCUT2D eigenvalue weighted by molar-refractivity contribution is 1.14. The van der Waals surface area contributed by atoms with Gasteiger partial charge in [0.15, 0.2) is 0 Å². The second-order valence-corrected chi connectivity index (χ2v) is 4.15. The molecule has 0 spiro atoms. The van der Waals surface area contributed by atoms with Crippen LogP contribution >= 0.6 is 11.6 Å². The highest BCUT2D eigenvalue weighted by Gasteiger charge is 2.06. The van der Waals surface area contributed by atoms with Crippen LogP contribution in [0.5, 0.6) is 0 Å². The molecule has 0 aliphatic rings. The zero-order chi connectivity index (χ0) is 11.0. The number of benzene rings is 2. The van der Waals surface area contributed by atoms with Crippen molar-refractivity contribution in [3.8, 4) is 0 Å². The Labute approximate surface area is 94.2 Å². The molecular weight excluding hydrogens is 208 g/mol. The first-order chi connectivity index (χ1) is 7.09. The highest BCUT2D eigenvalue weighted by molar-refractivity contribution is 6.38. The van der Waals surface area contributed by atoms with Crippen molar-refractivity contribution < 1.29 is 0 Å². The minimum atomic E-state index is 0.760. The Balaban J connectivity index is 2.74. The molecule has 0 radical (unpaired) electrons. The molecule has 78 valence electrons. The van der Waals surface area contributed by atoms with Crippen molar-refractivity contribution in [2.45, 2.75) is 0 Å². The van der Waals surface area contributed by atoms with E-state index in [1.807, 2.05) is 49.3 Å². The number of nitrogens with two attached hydrogens (primary N) is 1. The van der Waals surface area contributed by atoms with Gasteiger partial charge in [-0.1, -0.05) is 23.7 Å². The molecule has 0 unspecified atom stereocenters. The van der Waals surface area contributed by atoms with Crippen LogP contribution in [0.2, 0.25) is 5.02 Å². The summed E-state index contributed by atoms with van der Waals surface area (Å²) in [5, 5.41) is 2.89. The number of fused-ring (bicyclic) bond motifs is 1. The Morgan fingerprint density at radius 1 is 1.13 bits per heavy atom. The summed E-state index contributed by atoms with van der Waals surface area (Å²) in [6.45, 7) is 0. The summed E-state index contributed by atoms with van der Waals surface area (Å²) in [7, 11) is 3.95. The summed E-state index contributed by atoms with van der Waals surface area (Å²) in [5.41, 5.74) is 7.50. The van der Waals surface area contributed by atoms with Gasteiger partial charge in [-0.25, -0.2) is 0 Å². The van der Waals surface area contributed by atoms with Crippen molar-refractivity contribution in [3.63, 3.8) is 0 Å². The molecule has 2 rings (SSSR count). The minimum Gasteiger partial charge on any atom is -0.399 e. The van der Waals surface area contributed by atoms with Crippen molar-refractivity contribution in [3.05, 3.63) is 35.4 Å². The largest absolute Gasteiger partial charge is 0.399 e. The summed E-state index contributed by atoms with van der Waals surface area (Å²) in [5.74, 6) is 0. The molecule has 0 amide bonds. The second kappa shape index (κ2) is 3.63. The smallest absolute Gasteiger partial charge is 0.0717 e. The van der Waals surface area contributed by atoms with Gasteiger partial charge < -0.3 is 10.6 Å². The molecule has 2 aromatic carbocycles. The van der Waals surface area contributed by atoms with E-state index in [0.29, 0.717) is 0 Å². The van der Waals surface area contributed by atoms with Crippen molar-refractivity contribution >= 4 is 33.7 Å². The van der Waals surface area contributed by atoms with Crippen LogP contribution in [0.3, 0.4) is 0 Å². The van der Waals surface area contributed by atoms with Crippen LogP contribution in [0.1, 0.15) is 0 Å². The molecule has 3 heteroatoms. The lowest BCUT2D eigenvalue weighted by atomic mass is 10.1. The number of nitrogens with zero attached hydrogens (tertiary/aromatic N) is 1. The number of rotatable bonds is 1. The van der Waals surface area contributed by atoms with E-state index in [1.165, 1.54) is 0 Å². The van der Waals surface area contributed by atoms with Gasteiger partial charge in [-0.05, 0) is 23.6 Å². The molecule has 15 heavy (non-hydrogen) atoms. The molecule has 0 aromatic heterocycles. The Bertz CT molecular complexity index is 506. The highest BCUT2D eigenvalue weighted by Crippen LogP contribution is 2.33. The fraction of sp³-hybridized carbons (Fsp3) is 0.167. The molecule has 2 aromatic rings. The van der Waals surface area contributed by atoms with Crippen molar-refractivity contribution in [2.75, 3.05) is 24.7 Å². The van der Waals surface area contributed by atoms with E-state index in [2.05, 4.69) is 0 Å². The van der Waals surface area contributed by atoms with E-state index < -0.39 is 0 Å². The van der Waals surface area contributed by atoms with Crippen LogP contribution in [0.15, 0.2) is 30.3 Å². The molecule has 0 aliphatic carbocycles. The predicted molar refractivity (Wildman–Crippen MR) is 67.7 cm³/mol. The molecule has 0 saturated heterocycles. The average molecular weight is 221 g/mol. The molecule has 0 atom stereocenters. The molecule has 0 fully saturated rings. The van der Waals surface area contributed by atoms with Crippen LogP contribution in [-0.2, 0) is 0 Å². The first-order valence-corrected chi connectivity index (χ1v) is 5.12. The Hall–Kier alpha value is -1.41. The van der Waals surface area contributed by atoms with E-state index in [0.717, 1.165) is 27.2 Å². The van der Waals surface area contributed by atoms with Gasteiger partial charge in [0.25, 0.3) is 0 Å². The minimum absolute atomic E-state index is 0.760. The normalized spacial score (nSPS) is 10.6. The fourth-order valence-electron chi connectivity index (χ4n) is 1.64. The van der Waals surface area contributed by atoms with E-state index in [9.17, 15) is 0 Å². The van der Waals surface area contributed by atoms with Crippen LogP contribution in [-0.4, -0.2) is 14.1 Å².